The summed E-state index contributed by atoms with van der Waals surface area (Å²) in [5.74, 6) is 1.24. The monoisotopic (exact) mass is 311 g/mol. The zero-order chi connectivity index (χ0) is 15.6. The lowest BCUT2D eigenvalue weighted by molar-refractivity contribution is 0.0996. The summed E-state index contributed by atoms with van der Waals surface area (Å²) in [5.41, 5.74) is 0.829. The van der Waals surface area contributed by atoms with Crippen LogP contribution in [0.2, 0.25) is 0 Å². The van der Waals surface area contributed by atoms with E-state index >= 15 is 0 Å². The molecule has 2 aromatic heterocycles. The van der Waals surface area contributed by atoms with Gasteiger partial charge in [0.15, 0.2) is 11.6 Å². The summed E-state index contributed by atoms with van der Waals surface area (Å²) in [6, 6.07) is 9.02. The summed E-state index contributed by atoms with van der Waals surface area (Å²) >= 11 is 0. The second kappa shape index (κ2) is 5.79. The van der Waals surface area contributed by atoms with Crippen LogP contribution in [0.5, 0.6) is 5.75 Å². The van der Waals surface area contributed by atoms with E-state index in [2.05, 4.69) is 15.5 Å². The molecule has 3 aromatic rings. The van der Waals surface area contributed by atoms with Crippen molar-refractivity contribution in [3.8, 4) is 5.75 Å². The number of rotatable bonds is 4. The average Bonchev–Trinajstić information content (AvgIpc) is 3.28. The van der Waals surface area contributed by atoms with Gasteiger partial charge < -0.3 is 14.5 Å². The van der Waals surface area contributed by atoms with E-state index in [4.69, 9.17) is 9.15 Å². The largest absolute Gasteiger partial charge is 0.490 e. The van der Waals surface area contributed by atoms with Gasteiger partial charge in [-0.15, -0.1) is 0 Å². The number of anilines is 1. The molecule has 2 N–H and O–H groups in total. The van der Waals surface area contributed by atoms with Gasteiger partial charge in [-0.05, 0) is 49.9 Å². The topological polar surface area (TPSA) is 80.2 Å². The first-order valence-electron chi connectivity index (χ1n) is 7.79. The van der Waals surface area contributed by atoms with Crippen LogP contribution < -0.4 is 10.1 Å². The second-order valence-electron chi connectivity index (χ2n) is 5.74. The number of H-pyrrole nitrogens is 1. The van der Waals surface area contributed by atoms with Crippen molar-refractivity contribution in [2.45, 2.75) is 31.8 Å². The number of benzene rings is 1. The number of fused-ring (bicyclic) bond motifs is 1. The smallest absolute Gasteiger partial charge is 0.292 e. The molecule has 6 nitrogen and oxygen atoms in total. The minimum atomic E-state index is -0.324. The fraction of sp³-hybridized carbons (Fsp3) is 0.294. The fourth-order valence-corrected chi connectivity index (χ4v) is 2.94. The minimum absolute atomic E-state index is 0.252. The Kier molecular flexibility index (Phi) is 3.49. The number of ether oxygens (including phenoxy) is 1. The van der Waals surface area contributed by atoms with Crippen LogP contribution >= 0.6 is 0 Å². The van der Waals surface area contributed by atoms with Crippen molar-refractivity contribution in [2.24, 2.45) is 0 Å². The van der Waals surface area contributed by atoms with Crippen molar-refractivity contribution in [2.75, 3.05) is 5.32 Å². The van der Waals surface area contributed by atoms with Crippen LogP contribution in [0.25, 0.3) is 10.9 Å². The number of nitrogens with one attached hydrogen (secondary N) is 2. The number of furan rings is 1. The van der Waals surface area contributed by atoms with Gasteiger partial charge in [0.05, 0.1) is 17.9 Å². The first-order valence-corrected chi connectivity index (χ1v) is 7.79. The van der Waals surface area contributed by atoms with Crippen molar-refractivity contribution >= 4 is 22.6 Å². The molecule has 1 aromatic carbocycles. The maximum Gasteiger partial charge on any atom is 0.292 e. The number of hydrogen-bond donors (Lipinski definition) is 2. The molecule has 1 amide bonds. The Labute approximate surface area is 132 Å². The zero-order valence-electron chi connectivity index (χ0n) is 12.5. The average molecular weight is 311 g/mol. The quantitative estimate of drug-likeness (QED) is 0.769. The van der Waals surface area contributed by atoms with Crippen LogP contribution in [0, 0.1) is 0 Å². The van der Waals surface area contributed by atoms with E-state index in [0.29, 0.717) is 11.9 Å². The van der Waals surface area contributed by atoms with E-state index in [-0.39, 0.29) is 11.7 Å². The number of aromatic nitrogens is 2. The van der Waals surface area contributed by atoms with Crippen molar-refractivity contribution in [1.82, 2.24) is 10.2 Å². The molecular weight excluding hydrogens is 294 g/mol. The van der Waals surface area contributed by atoms with Gasteiger partial charge in [-0.1, -0.05) is 0 Å². The van der Waals surface area contributed by atoms with E-state index in [9.17, 15) is 4.79 Å². The minimum Gasteiger partial charge on any atom is -0.490 e. The van der Waals surface area contributed by atoms with Gasteiger partial charge >= 0.3 is 0 Å². The summed E-state index contributed by atoms with van der Waals surface area (Å²) in [7, 11) is 0. The number of amides is 1. The summed E-state index contributed by atoms with van der Waals surface area (Å²) in [4.78, 5) is 12.0. The number of hydrogen-bond acceptors (Lipinski definition) is 4. The predicted molar refractivity (Wildman–Crippen MR) is 85.6 cm³/mol. The molecule has 0 saturated heterocycles. The molecule has 0 spiro atoms. The maximum absolute atomic E-state index is 12.0. The summed E-state index contributed by atoms with van der Waals surface area (Å²) in [6.45, 7) is 0. The predicted octanol–water partition coefficient (Wildman–Crippen LogP) is 3.73. The molecule has 1 aliphatic rings. The molecule has 0 unspecified atom stereocenters. The molecule has 1 fully saturated rings. The molecule has 4 rings (SSSR count). The summed E-state index contributed by atoms with van der Waals surface area (Å²) in [5, 5.41) is 10.7. The lowest BCUT2D eigenvalue weighted by Crippen LogP contribution is -2.11. The summed E-state index contributed by atoms with van der Waals surface area (Å²) < 4.78 is 11.1. The Hall–Kier alpha value is -2.76. The third-order valence-electron chi connectivity index (χ3n) is 4.12. The number of nitrogens with zero attached hydrogens (tertiary/aromatic N) is 1. The fourth-order valence-electron chi connectivity index (χ4n) is 2.94. The first-order chi connectivity index (χ1) is 11.3. The van der Waals surface area contributed by atoms with Gasteiger partial charge in [0, 0.05) is 11.5 Å². The number of carbonyl (C=O) groups is 1. The van der Waals surface area contributed by atoms with Crippen LogP contribution in [-0.2, 0) is 0 Å². The molecule has 0 bridgehead atoms. The number of carbonyl (C=O) groups excluding carboxylic acids is 1. The van der Waals surface area contributed by atoms with Crippen molar-refractivity contribution in [3.63, 3.8) is 0 Å². The molecule has 1 aliphatic carbocycles. The molecular formula is C17H17N3O3. The Morgan fingerprint density at radius 2 is 2.17 bits per heavy atom. The Morgan fingerprint density at radius 3 is 2.96 bits per heavy atom. The van der Waals surface area contributed by atoms with Crippen LogP contribution in [-0.4, -0.2) is 22.2 Å². The molecule has 6 heteroatoms. The highest BCUT2D eigenvalue weighted by atomic mass is 16.5. The molecule has 2 heterocycles. The van der Waals surface area contributed by atoms with Gasteiger partial charge in [-0.2, -0.15) is 5.10 Å². The Bertz CT molecular complexity index is 817. The third kappa shape index (κ3) is 2.79. The SMILES string of the molecule is O=C(Nc1n[nH]c2cc(OC3CCCC3)ccc12)c1ccco1. The van der Waals surface area contributed by atoms with Gasteiger partial charge in [-0.3, -0.25) is 9.89 Å². The van der Waals surface area contributed by atoms with Crippen molar-refractivity contribution in [1.29, 1.82) is 0 Å². The van der Waals surface area contributed by atoms with Gasteiger partial charge in [0.1, 0.15) is 5.75 Å². The molecule has 118 valence electrons. The van der Waals surface area contributed by atoms with Crippen molar-refractivity contribution in [3.05, 3.63) is 42.4 Å². The molecule has 0 radical (unpaired) electrons. The number of aromatic amines is 1. The molecule has 0 atom stereocenters. The molecule has 0 aliphatic heterocycles. The normalized spacial score (nSPS) is 15.1. The van der Waals surface area contributed by atoms with Crippen molar-refractivity contribution < 1.29 is 13.9 Å². The van der Waals surface area contributed by atoms with Gasteiger partial charge in [0.2, 0.25) is 0 Å². The van der Waals surface area contributed by atoms with Crippen LogP contribution in [0.3, 0.4) is 0 Å². The Morgan fingerprint density at radius 1 is 1.30 bits per heavy atom. The van der Waals surface area contributed by atoms with E-state index in [0.717, 1.165) is 29.5 Å². The molecule has 1 saturated carbocycles. The second-order valence-corrected chi connectivity index (χ2v) is 5.74. The third-order valence-corrected chi connectivity index (χ3v) is 4.12. The molecule has 23 heavy (non-hydrogen) atoms. The van der Waals surface area contributed by atoms with Gasteiger partial charge in [-0.25, -0.2) is 0 Å². The lowest BCUT2D eigenvalue weighted by atomic mass is 10.2. The van der Waals surface area contributed by atoms with E-state index in [1.54, 1.807) is 12.1 Å². The summed E-state index contributed by atoms with van der Waals surface area (Å²) in [6.07, 6.45) is 6.48. The maximum atomic E-state index is 12.0. The van der Waals surface area contributed by atoms with Crippen LogP contribution in [0.15, 0.2) is 41.0 Å². The highest BCUT2D eigenvalue weighted by Crippen LogP contribution is 2.28. The van der Waals surface area contributed by atoms with E-state index < -0.39 is 0 Å². The van der Waals surface area contributed by atoms with E-state index in [1.807, 2.05) is 18.2 Å². The first kappa shape index (κ1) is 13.9. The zero-order valence-corrected chi connectivity index (χ0v) is 12.5. The van der Waals surface area contributed by atoms with Crippen LogP contribution in [0.1, 0.15) is 36.2 Å². The highest BCUT2D eigenvalue weighted by molar-refractivity contribution is 6.06. The van der Waals surface area contributed by atoms with E-state index in [1.165, 1.54) is 19.1 Å². The lowest BCUT2D eigenvalue weighted by Gasteiger charge is -2.12. The standard InChI is InChI=1S/C17H17N3O3/c21-17(15-6-3-9-22-15)18-16-13-8-7-12(10-14(13)19-20-16)23-11-4-1-2-5-11/h3,6-11H,1-2,4-5H2,(H2,18,19,20,21). The van der Waals surface area contributed by atoms with Gasteiger partial charge in [0.25, 0.3) is 5.91 Å². The van der Waals surface area contributed by atoms with Crippen LogP contribution in [0.4, 0.5) is 5.82 Å². The highest BCUT2D eigenvalue weighted by Gasteiger charge is 2.17. The Balaban J connectivity index is 1.54.